The van der Waals surface area contributed by atoms with Crippen LogP contribution in [0.25, 0.3) is 0 Å². The molecular formula is C17H20N2O3. The molecule has 0 unspecified atom stereocenters. The van der Waals surface area contributed by atoms with Crippen molar-refractivity contribution in [3.63, 3.8) is 0 Å². The van der Waals surface area contributed by atoms with Gasteiger partial charge in [0.25, 0.3) is 0 Å². The van der Waals surface area contributed by atoms with E-state index in [0.29, 0.717) is 12.4 Å². The highest BCUT2D eigenvalue weighted by Crippen LogP contribution is 2.21. The number of nitrogen functional groups attached to an aromatic ring is 1. The van der Waals surface area contributed by atoms with Gasteiger partial charge in [0.1, 0.15) is 29.3 Å². The third-order valence-corrected chi connectivity index (χ3v) is 2.76. The van der Waals surface area contributed by atoms with E-state index < -0.39 is 11.6 Å². The lowest BCUT2D eigenvalue weighted by Crippen LogP contribution is -2.24. The lowest BCUT2D eigenvalue weighted by Gasteiger charge is -2.20. The molecule has 0 amide bonds. The van der Waals surface area contributed by atoms with Crippen LogP contribution in [0.15, 0.2) is 42.6 Å². The molecule has 1 aromatic heterocycles. The third-order valence-electron chi connectivity index (χ3n) is 2.76. The summed E-state index contributed by atoms with van der Waals surface area (Å²) in [4.78, 5) is 16.1. The molecule has 1 heterocycles. The summed E-state index contributed by atoms with van der Waals surface area (Å²) in [6, 6.07) is 11.3. The predicted molar refractivity (Wildman–Crippen MR) is 84.6 cm³/mol. The first-order valence-electron chi connectivity index (χ1n) is 7.01. The van der Waals surface area contributed by atoms with Crippen LogP contribution in [0.3, 0.4) is 0 Å². The van der Waals surface area contributed by atoms with Crippen LogP contribution in [0.5, 0.6) is 5.75 Å². The number of benzene rings is 1. The Balaban J connectivity index is 2.11. The molecule has 2 rings (SSSR count). The Morgan fingerprint density at radius 2 is 1.91 bits per heavy atom. The van der Waals surface area contributed by atoms with E-state index in [0.717, 1.165) is 5.56 Å². The molecule has 0 atom stereocenters. The van der Waals surface area contributed by atoms with Crippen molar-refractivity contribution in [2.24, 2.45) is 0 Å². The maximum absolute atomic E-state index is 12.1. The van der Waals surface area contributed by atoms with Gasteiger partial charge in [0, 0.05) is 0 Å². The van der Waals surface area contributed by atoms with Crippen molar-refractivity contribution < 1.29 is 14.3 Å². The number of anilines is 1. The van der Waals surface area contributed by atoms with E-state index in [4.69, 9.17) is 15.2 Å². The summed E-state index contributed by atoms with van der Waals surface area (Å²) in [5.74, 6) is 0.0860. The summed E-state index contributed by atoms with van der Waals surface area (Å²) in [5.41, 5.74) is 6.39. The summed E-state index contributed by atoms with van der Waals surface area (Å²) in [5, 5.41) is 0. The zero-order valence-corrected chi connectivity index (χ0v) is 13.0. The average Bonchev–Trinajstić information content (AvgIpc) is 2.45. The Hall–Kier alpha value is -2.56. The van der Waals surface area contributed by atoms with Crippen LogP contribution in [0.4, 0.5) is 5.82 Å². The molecule has 0 bridgehead atoms. The first kappa shape index (κ1) is 15.8. The van der Waals surface area contributed by atoms with Crippen molar-refractivity contribution >= 4 is 11.8 Å². The van der Waals surface area contributed by atoms with Crippen molar-refractivity contribution in [3.8, 4) is 5.75 Å². The highest BCUT2D eigenvalue weighted by molar-refractivity contribution is 5.94. The maximum Gasteiger partial charge on any atom is 0.342 e. The Labute approximate surface area is 130 Å². The predicted octanol–water partition coefficient (Wildman–Crippen LogP) is 3.20. The molecule has 0 saturated carbocycles. The summed E-state index contributed by atoms with van der Waals surface area (Å²) < 4.78 is 11.0. The first-order valence-corrected chi connectivity index (χ1v) is 7.01. The molecule has 0 aliphatic carbocycles. The topological polar surface area (TPSA) is 74.4 Å². The van der Waals surface area contributed by atoms with Crippen molar-refractivity contribution in [1.29, 1.82) is 0 Å². The Bertz CT molecular complexity index is 649. The molecule has 5 heteroatoms. The second-order valence-electron chi connectivity index (χ2n) is 5.88. The smallest absolute Gasteiger partial charge is 0.342 e. The lowest BCUT2D eigenvalue weighted by atomic mass is 10.2. The molecule has 2 N–H and O–H groups in total. The van der Waals surface area contributed by atoms with Gasteiger partial charge in [-0.25, -0.2) is 9.78 Å². The first-order chi connectivity index (χ1) is 10.3. The maximum atomic E-state index is 12.1. The quantitative estimate of drug-likeness (QED) is 0.878. The molecule has 1 aromatic carbocycles. The van der Waals surface area contributed by atoms with E-state index in [2.05, 4.69) is 4.98 Å². The number of carbonyl (C=O) groups excluding carboxylic acids is 1. The fourth-order valence-electron chi connectivity index (χ4n) is 1.77. The van der Waals surface area contributed by atoms with E-state index in [-0.39, 0.29) is 11.4 Å². The van der Waals surface area contributed by atoms with Crippen LogP contribution in [-0.4, -0.2) is 16.6 Å². The zero-order valence-electron chi connectivity index (χ0n) is 13.0. The molecule has 0 spiro atoms. The standard InChI is InChI=1S/C17H20N2O3/c1-17(2,3)22-16(20)14-9-13(10-19-15(14)18)21-11-12-7-5-4-6-8-12/h4-10H,11H2,1-3H3,(H2,18,19). The van der Waals surface area contributed by atoms with E-state index in [1.165, 1.54) is 6.20 Å². The number of esters is 1. The van der Waals surface area contributed by atoms with Crippen LogP contribution in [-0.2, 0) is 11.3 Å². The number of hydrogen-bond donors (Lipinski definition) is 1. The summed E-state index contributed by atoms with van der Waals surface area (Å²) in [6.07, 6.45) is 1.49. The third kappa shape index (κ3) is 4.48. The van der Waals surface area contributed by atoms with Crippen LogP contribution in [0, 0.1) is 0 Å². The van der Waals surface area contributed by atoms with E-state index in [1.807, 2.05) is 30.3 Å². The number of ether oxygens (including phenoxy) is 2. The minimum atomic E-state index is -0.593. The average molecular weight is 300 g/mol. The lowest BCUT2D eigenvalue weighted by molar-refractivity contribution is 0.00700. The molecule has 0 fully saturated rings. The Kier molecular flexibility index (Phi) is 4.65. The number of nitrogens with two attached hydrogens (primary N) is 1. The van der Waals surface area contributed by atoms with Gasteiger partial charge in [0.2, 0.25) is 0 Å². The summed E-state index contributed by atoms with van der Waals surface area (Å²) >= 11 is 0. The van der Waals surface area contributed by atoms with Crippen LogP contribution in [0.2, 0.25) is 0 Å². The van der Waals surface area contributed by atoms with Crippen molar-refractivity contribution in [2.45, 2.75) is 33.0 Å². The molecule has 0 saturated heterocycles. The number of carbonyl (C=O) groups is 1. The Morgan fingerprint density at radius 1 is 1.23 bits per heavy atom. The van der Waals surface area contributed by atoms with E-state index >= 15 is 0 Å². The summed E-state index contributed by atoms with van der Waals surface area (Å²) in [6.45, 7) is 5.78. The fourth-order valence-corrected chi connectivity index (χ4v) is 1.77. The van der Waals surface area contributed by atoms with Crippen LogP contribution >= 0.6 is 0 Å². The normalized spacial score (nSPS) is 11.0. The highest BCUT2D eigenvalue weighted by atomic mass is 16.6. The van der Waals surface area contributed by atoms with Gasteiger partial charge >= 0.3 is 5.97 Å². The molecular weight excluding hydrogens is 280 g/mol. The van der Waals surface area contributed by atoms with Crippen molar-refractivity contribution in [2.75, 3.05) is 5.73 Å². The van der Waals surface area contributed by atoms with Crippen LogP contribution < -0.4 is 10.5 Å². The second kappa shape index (κ2) is 6.47. The number of pyridine rings is 1. The molecule has 22 heavy (non-hydrogen) atoms. The molecule has 0 aliphatic rings. The van der Waals surface area contributed by atoms with Gasteiger partial charge in [-0.2, -0.15) is 0 Å². The zero-order chi connectivity index (χ0) is 16.2. The molecule has 0 radical (unpaired) electrons. The fraction of sp³-hybridized carbons (Fsp3) is 0.294. The van der Waals surface area contributed by atoms with Gasteiger partial charge in [-0.05, 0) is 32.4 Å². The van der Waals surface area contributed by atoms with Crippen LogP contribution in [0.1, 0.15) is 36.7 Å². The summed E-state index contributed by atoms with van der Waals surface area (Å²) in [7, 11) is 0. The van der Waals surface area contributed by atoms with Gasteiger partial charge in [0.05, 0.1) is 6.20 Å². The van der Waals surface area contributed by atoms with E-state index in [9.17, 15) is 4.79 Å². The number of nitrogens with zero attached hydrogens (tertiary/aromatic N) is 1. The molecule has 5 nitrogen and oxygen atoms in total. The molecule has 0 aliphatic heterocycles. The Morgan fingerprint density at radius 3 is 2.55 bits per heavy atom. The largest absolute Gasteiger partial charge is 0.487 e. The van der Waals surface area contributed by atoms with Gasteiger partial charge in [0.15, 0.2) is 0 Å². The number of rotatable bonds is 4. The van der Waals surface area contributed by atoms with Gasteiger partial charge in [-0.1, -0.05) is 30.3 Å². The molecule has 116 valence electrons. The van der Waals surface area contributed by atoms with Crippen molar-refractivity contribution in [1.82, 2.24) is 4.98 Å². The van der Waals surface area contributed by atoms with E-state index in [1.54, 1.807) is 26.8 Å². The number of aromatic nitrogens is 1. The monoisotopic (exact) mass is 300 g/mol. The minimum Gasteiger partial charge on any atom is -0.487 e. The van der Waals surface area contributed by atoms with Gasteiger partial charge in [-0.15, -0.1) is 0 Å². The highest BCUT2D eigenvalue weighted by Gasteiger charge is 2.21. The van der Waals surface area contributed by atoms with Gasteiger partial charge in [-0.3, -0.25) is 0 Å². The number of hydrogen-bond acceptors (Lipinski definition) is 5. The SMILES string of the molecule is CC(C)(C)OC(=O)c1cc(OCc2ccccc2)cnc1N. The van der Waals surface area contributed by atoms with Gasteiger partial charge < -0.3 is 15.2 Å². The molecule has 2 aromatic rings. The second-order valence-corrected chi connectivity index (χ2v) is 5.88. The minimum absolute atomic E-state index is 0.126. The van der Waals surface area contributed by atoms with Crippen molar-refractivity contribution in [3.05, 3.63) is 53.7 Å².